The zero-order valence-corrected chi connectivity index (χ0v) is 15.2. The van der Waals surface area contributed by atoms with Gasteiger partial charge < -0.3 is 19.5 Å². The summed E-state index contributed by atoms with van der Waals surface area (Å²) in [5.74, 6) is 1.06. The van der Waals surface area contributed by atoms with E-state index in [9.17, 15) is 14.9 Å². The van der Waals surface area contributed by atoms with Crippen molar-refractivity contribution in [1.82, 2.24) is 0 Å². The molecule has 0 amide bonds. The summed E-state index contributed by atoms with van der Waals surface area (Å²) in [5, 5.41) is 14.0. The van der Waals surface area contributed by atoms with Crippen molar-refractivity contribution >= 4 is 17.2 Å². The minimum Gasteiger partial charge on any atom is -0.494 e. The van der Waals surface area contributed by atoms with Crippen molar-refractivity contribution < 1.29 is 23.9 Å². The van der Waals surface area contributed by atoms with E-state index in [0.717, 1.165) is 0 Å². The first-order valence-electron chi connectivity index (χ1n) is 8.10. The van der Waals surface area contributed by atoms with Crippen molar-refractivity contribution in [2.45, 2.75) is 6.92 Å². The monoisotopic (exact) mass is 372 g/mol. The zero-order valence-electron chi connectivity index (χ0n) is 15.2. The molecule has 0 saturated carbocycles. The molecule has 0 aliphatic rings. The largest absolute Gasteiger partial charge is 0.494 e. The predicted octanol–water partition coefficient (Wildman–Crippen LogP) is 3.82. The van der Waals surface area contributed by atoms with E-state index in [2.05, 4.69) is 5.32 Å². The van der Waals surface area contributed by atoms with E-state index in [1.165, 1.54) is 38.6 Å². The molecule has 0 aromatic heterocycles. The highest BCUT2D eigenvalue weighted by atomic mass is 16.6. The summed E-state index contributed by atoms with van der Waals surface area (Å²) in [6.45, 7) is 2.20. The van der Waals surface area contributed by atoms with Gasteiger partial charge in [0.2, 0.25) is 0 Å². The standard InChI is InChI=1S/C19H20N2O6/c1-4-27-14-6-7-15(16(12-14)21(23)24)20-10-9-17(22)13-5-8-18(25-2)19(11-13)26-3/h5-12,20H,4H2,1-3H3. The van der Waals surface area contributed by atoms with Gasteiger partial charge in [-0.3, -0.25) is 14.9 Å². The van der Waals surface area contributed by atoms with Crippen molar-refractivity contribution in [2.75, 3.05) is 26.1 Å². The summed E-state index contributed by atoms with van der Waals surface area (Å²) in [6, 6.07) is 9.26. The van der Waals surface area contributed by atoms with E-state index in [1.54, 1.807) is 31.2 Å². The van der Waals surface area contributed by atoms with Crippen LogP contribution < -0.4 is 19.5 Å². The highest BCUT2D eigenvalue weighted by Gasteiger charge is 2.14. The average Bonchev–Trinajstić information content (AvgIpc) is 2.68. The Kier molecular flexibility index (Phi) is 6.76. The van der Waals surface area contributed by atoms with Crippen LogP contribution in [0.2, 0.25) is 0 Å². The smallest absolute Gasteiger partial charge is 0.296 e. The van der Waals surface area contributed by atoms with Gasteiger partial charge in [-0.2, -0.15) is 0 Å². The van der Waals surface area contributed by atoms with Gasteiger partial charge in [0.15, 0.2) is 17.3 Å². The fourth-order valence-electron chi connectivity index (χ4n) is 2.33. The molecule has 0 spiro atoms. The lowest BCUT2D eigenvalue weighted by Crippen LogP contribution is -2.00. The number of hydrogen-bond donors (Lipinski definition) is 1. The molecule has 0 heterocycles. The molecular weight excluding hydrogens is 352 g/mol. The van der Waals surface area contributed by atoms with Gasteiger partial charge in [0.05, 0.1) is 31.8 Å². The van der Waals surface area contributed by atoms with Gasteiger partial charge in [-0.1, -0.05) is 0 Å². The summed E-state index contributed by atoms with van der Waals surface area (Å²) >= 11 is 0. The first-order chi connectivity index (χ1) is 13.0. The maximum Gasteiger partial charge on any atom is 0.296 e. The molecule has 0 radical (unpaired) electrons. The Bertz CT molecular complexity index is 863. The summed E-state index contributed by atoms with van der Waals surface area (Å²) in [7, 11) is 2.99. The fourth-order valence-corrected chi connectivity index (χ4v) is 2.33. The Labute approximate surface area is 156 Å². The van der Waals surface area contributed by atoms with Crippen LogP contribution in [0.4, 0.5) is 11.4 Å². The molecule has 2 aromatic rings. The highest BCUT2D eigenvalue weighted by Crippen LogP contribution is 2.30. The maximum absolute atomic E-state index is 12.3. The lowest BCUT2D eigenvalue weighted by molar-refractivity contribution is -0.384. The van der Waals surface area contributed by atoms with Crippen molar-refractivity contribution in [3.05, 3.63) is 64.4 Å². The quantitative estimate of drug-likeness (QED) is 0.309. The molecule has 0 bridgehead atoms. The number of nitrogens with one attached hydrogen (secondary N) is 1. The van der Waals surface area contributed by atoms with E-state index in [0.29, 0.717) is 29.4 Å². The second-order valence-corrected chi connectivity index (χ2v) is 5.28. The van der Waals surface area contributed by atoms with Crippen LogP contribution in [0.5, 0.6) is 17.2 Å². The third-order valence-corrected chi connectivity index (χ3v) is 3.62. The molecule has 8 nitrogen and oxygen atoms in total. The van der Waals surface area contributed by atoms with E-state index >= 15 is 0 Å². The number of nitrogens with zero attached hydrogens (tertiary/aromatic N) is 1. The molecule has 0 unspecified atom stereocenters. The Hall–Kier alpha value is -3.55. The van der Waals surface area contributed by atoms with Crippen molar-refractivity contribution in [1.29, 1.82) is 0 Å². The number of nitro groups is 1. The molecule has 0 saturated heterocycles. The second kappa shape index (κ2) is 9.23. The second-order valence-electron chi connectivity index (χ2n) is 5.28. The van der Waals surface area contributed by atoms with Crippen LogP contribution in [0.3, 0.4) is 0 Å². The van der Waals surface area contributed by atoms with Crippen LogP contribution >= 0.6 is 0 Å². The normalized spacial score (nSPS) is 10.5. The van der Waals surface area contributed by atoms with Gasteiger partial charge in [0.1, 0.15) is 11.4 Å². The Morgan fingerprint density at radius 3 is 2.52 bits per heavy atom. The Balaban J connectivity index is 2.15. The van der Waals surface area contributed by atoms with E-state index in [1.807, 2.05) is 0 Å². The van der Waals surface area contributed by atoms with Crippen LogP contribution in [-0.2, 0) is 0 Å². The molecule has 0 atom stereocenters. The van der Waals surface area contributed by atoms with Crippen LogP contribution in [-0.4, -0.2) is 31.5 Å². The van der Waals surface area contributed by atoms with Gasteiger partial charge in [-0.15, -0.1) is 0 Å². The number of hydrogen-bond acceptors (Lipinski definition) is 7. The molecule has 142 valence electrons. The van der Waals surface area contributed by atoms with Crippen molar-refractivity contribution in [3.63, 3.8) is 0 Å². The van der Waals surface area contributed by atoms with Crippen LogP contribution in [0.15, 0.2) is 48.7 Å². The number of rotatable bonds is 9. The van der Waals surface area contributed by atoms with Crippen LogP contribution in [0.1, 0.15) is 17.3 Å². The van der Waals surface area contributed by atoms with Crippen LogP contribution in [0, 0.1) is 10.1 Å². The maximum atomic E-state index is 12.3. The van der Waals surface area contributed by atoms with Gasteiger partial charge in [-0.05, 0) is 37.3 Å². The number of carbonyl (C=O) groups excluding carboxylic acids is 1. The van der Waals surface area contributed by atoms with Crippen molar-refractivity contribution in [3.8, 4) is 17.2 Å². The summed E-state index contributed by atoms with van der Waals surface area (Å²) in [4.78, 5) is 23.0. The van der Waals surface area contributed by atoms with Crippen LogP contribution in [0.25, 0.3) is 0 Å². The number of methoxy groups -OCH3 is 2. The molecule has 0 aliphatic heterocycles. The number of anilines is 1. The number of nitro benzene ring substituents is 1. The average molecular weight is 372 g/mol. The summed E-state index contributed by atoms with van der Waals surface area (Å²) in [5.41, 5.74) is 0.496. The van der Waals surface area contributed by atoms with Gasteiger partial charge in [-0.25, -0.2) is 0 Å². The third-order valence-electron chi connectivity index (χ3n) is 3.62. The lowest BCUT2D eigenvalue weighted by Gasteiger charge is -2.08. The lowest BCUT2D eigenvalue weighted by atomic mass is 10.1. The van der Waals surface area contributed by atoms with Crippen molar-refractivity contribution in [2.24, 2.45) is 0 Å². The molecule has 1 N–H and O–H groups in total. The number of carbonyl (C=O) groups is 1. The first-order valence-corrected chi connectivity index (χ1v) is 8.10. The third kappa shape index (κ3) is 4.97. The topological polar surface area (TPSA) is 99.9 Å². The molecule has 2 rings (SSSR count). The van der Waals surface area contributed by atoms with E-state index in [-0.39, 0.29) is 17.2 Å². The van der Waals surface area contributed by atoms with Gasteiger partial charge in [0.25, 0.3) is 5.69 Å². The molecule has 8 heteroatoms. The summed E-state index contributed by atoms with van der Waals surface area (Å²) < 4.78 is 15.6. The van der Waals surface area contributed by atoms with E-state index in [4.69, 9.17) is 14.2 Å². The SMILES string of the molecule is CCOc1ccc(NC=CC(=O)c2ccc(OC)c(OC)c2)c([N+](=O)[O-])c1. The molecule has 27 heavy (non-hydrogen) atoms. The highest BCUT2D eigenvalue weighted by molar-refractivity contribution is 6.05. The first kappa shape index (κ1) is 19.8. The summed E-state index contributed by atoms with van der Waals surface area (Å²) in [6.07, 6.45) is 2.63. The fraction of sp³-hybridized carbons (Fsp3) is 0.211. The Morgan fingerprint density at radius 1 is 1.15 bits per heavy atom. The van der Waals surface area contributed by atoms with Gasteiger partial charge >= 0.3 is 0 Å². The minimum atomic E-state index is -0.519. The number of allylic oxidation sites excluding steroid dienone is 1. The Morgan fingerprint density at radius 2 is 1.89 bits per heavy atom. The van der Waals surface area contributed by atoms with E-state index < -0.39 is 4.92 Å². The zero-order chi connectivity index (χ0) is 19.8. The molecule has 0 fully saturated rings. The molecule has 2 aromatic carbocycles. The number of benzene rings is 2. The minimum absolute atomic E-state index is 0.149. The molecule has 0 aliphatic carbocycles. The molecular formula is C19H20N2O6. The predicted molar refractivity (Wildman–Crippen MR) is 101 cm³/mol. The number of ketones is 1. The van der Waals surface area contributed by atoms with Gasteiger partial charge in [0, 0.05) is 17.8 Å². The number of ether oxygens (including phenoxy) is 3.